The summed E-state index contributed by atoms with van der Waals surface area (Å²) in [5, 5.41) is 1.85. The van der Waals surface area contributed by atoms with Gasteiger partial charge in [-0.05, 0) is 13.8 Å². The van der Waals surface area contributed by atoms with Crippen molar-refractivity contribution in [3.8, 4) is 0 Å². The Labute approximate surface area is 67.0 Å². The topological polar surface area (TPSA) is 28.7 Å². The maximum Gasteiger partial charge on any atom is 0.104 e. The van der Waals surface area contributed by atoms with Gasteiger partial charge in [-0.3, -0.25) is 0 Å². The van der Waals surface area contributed by atoms with Crippen molar-refractivity contribution in [2.75, 3.05) is 0 Å². The second-order valence-electron chi connectivity index (χ2n) is 1.97. The van der Waals surface area contributed by atoms with E-state index in [-0.39, 0.29) is 0 Å². The lowest BCUT2D eigenvalue weighted by atomic mass is 10.5. The molecular weight excluding hydrogens is 136 g/mol. The zero-order valence-corrected chi connectivity index (χ0v) is 7.15. The van der Waals surface area contributed by atoms with Gasteiger partial charge in [0.2, 0.25) is 0 Å². The molecule has 2 nitrogen and oxygen atoms in total. The molecule has 0 spiro atoms. The van der Waals surface area contributed by atoms with Gasteiger partial charge in [-0.25, -0.2) is 4.98 Å². The number of hydrogen-bond donors (Lipinski definition) is 1. The SMILES string of the molecule is C=C.C=c1[nH]c(C)n/c1=C/C. The van der Waals surface area contributed by atoms with Crippen LogP contribution < -0.4 is 10.7 Å². The fourth-order valence-electron chi connectivity index (χ4n) is 0.797. The van der Waals surface area contributed by atoms with E-state index in [2.05, 4.69) is 29.7 Å². The summed E-state index contributed by atoms with van der Waals surface area (Å²) in [4.78, 5) is 7.16. The van der Waals surface area contributed by atoms with Gasteiger partial charge in [0.05, 0.1) is 10.7 Å². The largest absolute Gasteiger partial charge is 0.343 e. The molecule has 0 fully saturated rings. The molecule has 0 aliphatic heterocycles. The molecule has 0 radical (unpaired) electrons. The van der Waals surface area contributed by atoms with Gasteiger partial charge in [-0.1, -0.05) is 12.7 Å². The van der Waals surface area contributed by atoms with Crippen LogP contribution in [0.15, 0.2) is 13.2 Å². The second-order valence-corrected chi connectivity index (χ2v) is 1.97. The minimum Gasteiger partial charge on any atom is -0.343 e. The van der Waals surface area contributed by atoms with E-state index in [0.717, 1.165) is 16.5 Å². The van der Waals surface area contributed by atoms with Crippen molar-refractivity contribution in [3.05, 3.63) is 29.7 Å². The number of H-pyrrole nitrogens is 1. The number of nitrogens with one attached hydrogen (secondary N) is 1. The first-order valence-corrected chi connectivity index (χ1v) is 3.42. The molecule has 0 aromatic carbocycles. The van der Waals surface area contributed by atoms with Crippen LogP contribution in [0.3, 0.4) is 0 Å². The number of hydrogen-bond acceptors (Lipinski definition) is 1. The van der Waals surface area contributed by atoms with Crippen molar-refractivity contribution in [3.63, 3.8) is 0 Å². The van der Waals surface area contributed by atoms with Gasteiger partial charge in [-0.2, -0.15) is 0 Å². The molecule has 1 aromatic heterocycles. The predicted molar refractivity (Wildman–Crippen MR) is 49.5 cm³/mol. The summed E-state index contributed by atoms with van der Waals surface area (Å²) in [6, 6.07) is 0. The highest BCUT2D eigenvalue weighted by molar-refractivity contribution is 5.16. The molecule has 2 heteroatoms. The maximum atomic E-state index is 4.16. The predicted octanol–water partition coefficient (Wildman–Crippen LogP) is 0.731. The number of aromatic amines is 1. The molecule has 1 N–H and O–H groups in total. The van der Waals surface area contributed by atoms with Gasteiger partial charge in [0.25, 0.3) is 0 Å². The van der Waals surface area contributed by atoms with Gasteiger partial charge in [0, 0.05) is 0 Å². The fourth-order valence-corrected chi connectivity index (χ4v) is 0.797. The Kier molecular flexibility index (Phi) is 3.96. The monoisotopic (exact) mass is 150 g/mol. The van der Waals surface area contributed by atoms with Gasteiger partial charge in [0.1, 0.15) is 5.82 Å². The third-order valence-corrected chi connectivity index (χ3v) is 1.20. The molecule has 0 atom stereocenters. The van der Waals surface area contributed by atoms with Gasteiger partial charge in [0.15, 0.2) is 0 Å². The van der Waals surface area contributed by atoms with Crippen LogP contribution in [0.4, 0.5) is 0 Å². The zero-order chi connectivity index (χ0) is 8.85. The minimum absolute atomic E-state index is 0.898. The van der Waals surface area contributed by atoms with Crippen LogP contribution in [0, 0.1) is 6.92 Å². The smallest absolute Gasteiger partial charge is 0.104 e. The highest BCUT2D eigenvalue weighted by atomic mass is 14.9. The Hall–Kier alpha value is -1.31. The standard InChI is InChI=1S/C7H10N2.C2H4/c1-4-7-5(2)8-6(3)9-7;1-2/h4H,2H2,1,3H3,(H,8,9);1-2H2/b7-4+;. The number of aryl methyl sites for hydroxylation is 1. The Morgan fingerprint density at radius 2 is 2.00 bits per heavy atom. The van der Waals surface area contributed by atoms with Gasteiger partial charge in [-0.15, -0.1) is 13.2 Å². The van der Waals surface area contributed by atoms with Crippen LogP contribution in [0.25, 0.3) is 12.7 Å². The van der Waals surface area contributed by atoms with E-state index in [1.165, 1.54) is 0 Å². The van der Waals surface area contributed by atoms with E-state index in [9.17, 15) is 0 Å². The summed E-state index contributed by atoms with van der Waals surface area (Å²) in [7, 11) is 0. The van der Waals surface area contributed by atoms with Crippen molar-refractivity contribution < 1.29 is 0 Å². The highest BCUT2D eigenvalue weighted by Crippen LogP contribution is 1.69. The fraction of sp³-hybridized carbons (Fsp3) is 0.222. The normalized spacial score (nSPS) is 10.5. The first kappa shape index (κ1) is 9.69. The molecule has 0 aliphatic rings. The molecule has 0 unspecified atom stereocenters. The van der Waals surface area contributed by atoms with Gasteiger partial charge >= 0.3 is 0 Å². The Morgan fingerprint density at radius 1 is 1.45 bits per heavy atom. The third-order valence-electron chi connectivity index (χ3n) is 1.20. The maximum absolute atomic E-state index is 4.16. The lowest BCUT2D eigenvalue weighted by Crippen LogP contribution is -2.21. The van der Waals surface area contributed by atoms with Crippen LogP contribution in [-0.2, 0) is 0 Å². The minimum atomic E-state index is 0.898. The molecule has 0 saturated heterocycles. The molecule has 0 saturated carbocycles. The molecule has 60 valence electrons. The van der Waals surface area contributed by atoms with E-state index in [1.54, 1.807) is 0 Å². The molecule has 1 rings (SSSR count). The van der Waals surface area contributed by atoms with Crippen molar-refractivity contribution in [1.29, 1.82) is 0 Å². The third kappa shape index (κ3) is 2.42. The van der Waals surface area contributed by atoms with Crippen LogP contribution >= 0.6 is 0 Å². The Morgan fingerprint density at radius 3 is 2.18 bits per heavy atom. The second kappa shape index (κ2) is 4.50. The van der Waals surface area contributed by atoms with E-state index in [1.807, 2.05) is 19.9 Å². The molecule has 0 amide bonds. The number of rotatable bonds is 0. The molecule has 1 aromatic rings. The average Bonchev–Trinajstić information content (AvgIpc) is 2.33. The molecule has 0 bridgehead atoms. The number of nitrogens with zero attached hydrogens (tertiary/aromatic N) is 1. The lowest BCUT2D eigenvalue weighted by Gasteiger charge is -1.70. The van der Waals surface area contributed by atoms with E-state index >= 15 is 0 Å². The summed E-state index contributed by atoms with van der Waals surface area (Å²) >= 11 is 0. The number of aromatic nitrogens is 2. The first-order valence-electron chi connectivity index (χ1n) is 3.42. The average molecular weight is 150 g/mol. The van der Waals surface area contributed by atoms with E-state index < -0.39 is 0 Å². The van der Waals surface area contributed by atoms with Crippen LogP contribution in [0.5, 0.6) is 0 Å². The quantitative estimate of drug-likeness (QED) is 0.543. The summed E-state index contributed by atoms with van der Waals surface area (Å²) in [6.07, 6.45) is 1.94. The summed E-state index contributed by atoms with van der Waals surface area (Å²) in [6.45, 7) is 13.6. The van der Waals surface area contributed by atoms with E-state index in [0.29, 0.717) is 0 Å². The first-order chi connectivity index (χ1) is 5.24. The molecule has 1 heterocycles. The number of imidazole rings is 1. The van der Waals surface area contributed by atoms with Crippen molar-refractivity contribution >= 4 is 12.7 Å². The lowest BCUT2D eigenvalue weighted by molar-refractivity contribution is 1.13. The van der Waals surface area contributed by atoms with Crippen molar-refractivity contribution in [2.24, 2.45) is 0 Å². The van der Waals surface area contributed by atoms with Gasteiger partial charge < -0.3 is 4.98 Å². The van der Waals surface area contributed by atoms with Crippen LogP contribution in [0.1, 0.15) is 12.7 Å². The summed E-state index contributed by atoms with van der Waals surface area (Å²) in [5.74, 6) is 0.924. The van der Waals surface area contributed by atoms with Crippen molar-refractivity contribution in [1.82, 2.24) is 9.97 Å². The molecule has 11 heavy (non-hydrogen) atoms. The van der Waals surface area contributed by atoms with Crippen molar-refractivity contribution in [2.45, 2.75) is 13.8 Å². The van der Waals surface area contributed by atoms with Crippen LogP contribution in [-0.4, -0.2) is 9.97 Å². The highest BCUT2D eigenvalue weighted by Gasteiger charge is 1.85. The zero-order valence-electron chi connectivity index (χ0n) is 7.15. The van der Waals surface area contributed by atoms with Crippen LogP contribution in [0.2, 0.25) is 0 Å². The molecular formula is C9H14N2. The summed E-state index contributed by atoms with van der Waals surface area (Å²) < 4.78 is 0. The molecule has 0 aliphatic carbocycles. The van der Waals surface area contributed by atoms with E-state index in [4.69, 9.17) is 0 Å². The summed E-state index contributed by atoms with van der Waals surface area (Å²) in [5.41, 5.74) is 0. The Bertz CT molecular complexity index is 309. The Balaban J connectivity index is 0.000000461.